The summed E-state index contributed by atoms with van der Waals surface area (Å²) in [5.41, 5.74) is 1.43. The van der Waals surface area contributed by atoms with E-state index in [0.29, 0.717) is 54.0 Å². The first kappa shape index (κ1) is 38.1. The van der Waals surface area contributed by atoms with Crippen molar-refractivity contribution in [2.24, 2.45) is 11.8 Å². The molecule has 15 nitrogen and oxygen atoms in total. The zero-order valence-electron chi connectivity index (χ0n) is 31.7. The zero-order chi connectivity index (χ0) is 39.0. The first-order valence-corrected chi connectivity index (χ1v) is 20.3. The van der Waals surface area contributed by atoms with Gasteiger partial charge in [0.15, 0.2) is 24.4 Å². The summed E-state index contributed by atoms with van der Waals surface area (Å²) in [7, 11) is -4.60. The lowest BCUT2D eigenvalue weighted by atomic mass is 9.99. The van der Waals surface area contributed by atoms with Crippen LogP contribution in [0.1, 0.15) is 51.1 Å². The Bertz CT molecular complexity index is 2130. The third-order valence-corrected chi connectivity index (χ3v) is 12.0. The van der Waals surface area contributed by atoms with Crippen molar-refractivity contribution in [3.63, 3.8) is 0 Å². The van der Waals surface area contributed by atoms with Crippen LogP contribution in [0.15, 0.2) is 76.1 Å². The number of fused-ring (bicyclic) bond motifs is 2. The van der Waals surface area contributed by atoms with E-state index in [1.165, 1.54) is 6.07 Å². The van der Waals surface area contributed by atoms with E-state index in [2.05, 4.69) is 15.5 Å². The number of aromatic nitrogens is 2. The Morgan fingerprint density at radius 3 is 2.57 bits per heavy atom. The van der Waals surface area contributed by atoms with Gasteiger partial charge in [0.1, 0.15) is 17.6 Å². The number of hydrogen-bond acceptors (Lipinski definition) is 14. The Balaban J connectivity index is 1.10. The molecule has 4 aliphatic rings. The van der Waals surface area contributed by atoms with Gasteiger partial charge in [-0.2, -0.15) is 9.29 Å². The molecule has 5 heterocycles. The number of benzene rings is 3. The van der Waals surface area contributed by atoms with Crippen LogP contribution in [-0.4, -0.2) is 85.8 Å². The van der Waals surface area contributed by atoms with E-state index in [1.54, 1.807) is 18.2 Å². The van der Waals surface area contributed by atoms with Crippen molar-refractivity contribution >= 4 is 16.1 Å². The van der Waals surface area contributed by atoms with E-state index in [0.717, 1.165) is 15.4 Å². The molecule has 1 amide bonds. The number of nitrogens with one attached hydrogen (secondary N) is 1. The van der Waals surface area contributed by atoms with Crippen molar-refractivity contribution in [3.05, 3.63) is 83.7 Å². The van der Waals surface area contributed by atoms with Gasteiger partial charge in [-0.25, -0.2) is 13.2 Å². The molecule has 298 valence electrons. The van der Waals surface area contributed by atoms with Gasteiger partial charge >= 0.3 is 6.09 Å². The number of carbonyl (C=O) groups is 1. The highest BCUT2D eigenvalue weighted by molar-refractivity contribution is 7.89. The minimum atomic E-state index is -4.60. The quantitative estimate of drug-likeness (QED) is 0.181. The van der Waals surface area contributed by atoms with Crippen molar-refractivity contribution in [1.29, 1.82) is 0 Å². The van der Waals surface area contributed by atoms with Crippen molar-refractivity contribution in [2.45, 2.75) is 88.7 Å². The molecule has 1 aromatic heterocycles. The molecule has 3 saturated heterocycles. The van der Waals surface area contributed by atoms with Gasteiger partial charge in [-0.3, -0.25) is 5.32 Å². The van der Waals surface area contributed by atoms with E-state index < -0.39 is 46.3 Å². The van der Waals surface area contributed by atoms with Gasteiger partial charge in [0, 0.05) is 11.6 Å². The molecule has 0 aliphatic carbocycles. The van der Waals surface area contributed by atoms with Gasteiger partial charge in [-0.1, -0.05) is 49.3 Å². The van der Waals surface area contributed by atoms with Crippen molar-refractivity contribution < 1.29 is 50.9 Å². The molecule has 4 aliphatic heterocycles. The molecule has 3 fully saturated rings. The van der Waals surface area contributed by atoms with Gasteiger partial charge in [0.25, 0.3) is 15.9 Å². The summed E-state index contributed by atoms with van der Waals surface area (Å²) >= 11 is 0. The lowest BCUT2D eigenvalue weighted by Crippen LogP contribution is -2.57. The van der Waals surface area contributed by atoms with Crippen molar-refractivity contribution in [2.75, 3.05) is 26.6 Å². The highest BCUT2D eigenvalue weighted by atomic mass is 32.2. The maximum atomic E-state index is 15.1. The van der Waals surface area contributed by atoms with Crippen LogP contribution in [0.2, 0.25) is 0 Å². The summed E-state index contributed by atoms with van der Waals surface area (Å²) < 4.78 is 77.4. The fourth-order valence-corrected chi connectivity index (χ4v) is 9.19. The Morgan fingerprint density at radius 2 is 1.82 bits per heavy atom. The van der Waals surface area contributed by atoms with Crippen LogP contribution in [0.25, 0.3) is 11.5 Å². The largest absolute Gasteiger partial charge is 0.485 e. The Hall–Kier alpha value is -4.74. The third kappa shape index (κ3) is 8.07. The monoisotopic (exact) mass is 790 g/mol. The highest BCUT2D eigenvalue weighted by Gasteiger charge is 2.49. The fourth-order valence-electron chi connectivity index (χ4n) is 7.60. The second-order valence-corrected chi connectivity index (χ2v) is 17.1. The molecule has 0 radical (unpaired) electrons. The van der Waals surface area contributed by atoms with E-state index >= 15 is 8.42 Å². The first-order chi connectivity index (χ1) is 26.9. The van der Waals surface area contributed by atoms with Crippen LogP contribution in [-0.2, 0) is 48.4 Å². The van der Waals surface area contributed by atoms with Crippen LogP contribution in [0, 0.1) is 11.8 Å². The first-order valence-electron chi connectivity index (χ1n) is 18.9. The maximum absolute atomic E-state index is 15.1. The number of ether oxygens (including phenoxy) is 7. The maximum Gasteiger partial charge on any atom is 0.424 e. The molecule has 3 aromatic carbocycles. The van der Waals surface area contributed by atoms with Gasteiger partial charge in [-0.15, -0.1) is 0 Å². The Labute approximate surface area is 325 Å². The fraction of sp³-hybridized carbons (Fsp3) is 0.475. The van der Waals surface area contributed by atoms with E-state index in [-0.39, 0.29) is 49.8 Å². The normalized spacial score (nSPS) is 22.9. The molecule has 4 aromatic rings. The van der Waals surface area contributed by atoms with Gasteiger partial charge in [0.2, 0.25) is 12.6 Å². The number of amides is 1. The second kappa shape index (κ2) is 15.7. The molecule has 0 saturated carbocycles. The second-order valence-electron chi connectivity index (χ2n) is 15.3. The van der Waals surface area contributed by atoms with E-state index in [4.69, 9.17) is 37.7 Å². The summed E-state index contributed by atoms with van der Waals surface area (Å²) in [6.07, 6.45) is -0.922. The van der Waals surface area contributed by atoms with Crippen molar-refractivity contribution in [1.82, 2.24) is 19.8 Å². The Kier molecular flexibility index (Phi) is 10.7. The van der Waals surface area contributed by atoms with Crippen molar-refractivity contribution in [3.8, 4) is 28.7 Å². The predicted octanol–water partition coefficient (Wildman–Crippen LogP) is 5.47. The summed E-state index contributed by atoms with van der Waals surface area (Å²) in [4.78, 5) is 18.9. The standard InChI is InChI=1S/C40H46N4O11S/c1-24(2)16-27-18-29(19-33-36(27)52-23-51-33)56(46,47)44(39(45)54-34-21-50-38-30(34)14-15-48-38)32(31-20-53-40(3,4)42-31)17-25-10-12-28(13-11-25)49-22-35-41-37(55-43-35)26-8-6-5-7-9-26/h5-13,18-19,24,30-32,34,38,42H,14-17,20-23H2,1-4H3/t30-,31+,32?,34-,38+/m0/s1. The highest BCUT2D eigenvalue weighted by Crippen LogP contribution is 2.41. The summed E-state index contributed by atoms with van der Waals surface area (Å²) in [5.74, 6) is 2.10. The molecule has 8 rings (SSSR count). The van der Waals surface area contributed by atoms with E-state index in [1.807, 2.05) is 70.2 Å². The lowest BCUT2D eigenvalue weighted by Gasteiger charge is -2.35. The van der Waals surface area contributed by atoms with Crippen LogP contribution in [0.3, 0.4) is 0 Å². The minimum absolute atomic E-state index is 0.0352. The number of rotatable bonds is 13. The minimum Gasteiger partial charge on any atom is -0.485 e. The lowest BCUT2D eigenvalue weighted by molar-refractivity contribution is -0.0907. The predicted molar refractivity (Wildman–Crippen MR) is 199 cm³/mol. The van der Waals surface area contributed by atoms with Crippen LogP contribution >= 0.6 is 0 Å². The van der Waals surface area contributed by atoms with Crippen LogP contribution < -0.4 is 19.5 Å². The number of sulfonamides is 1. The van der Waals surface area contributed by atoms with Gasteiger partial charge in [0.05, 0.1) is 42.7 Å². The van der Waals surface area contributed by atoms with Crippen LogP contribution in [0.5, 0.6) is 17.2 Å². The SMILES string of the molecule is CC(C)Cc1cc(S(=O)(=O)N(C(=O)O[C@H]2CO[C@H]3OCC[C@H]32)C(Cc2ccc(OCc3noc(-c4ccccc4)n3)cc2)[C@H]2COC(C)(C)N2)cc2c1OCO2. The smallest absolute Gasteiger partial charge is 0.424 e. The summed E-state index contributed by atoms with van der Waals surface area (Å²) in [5, 5.41) is 7.44. The van der Waals surface area contributed by atoms with Crippen LogP contribution in [0.4, 0.5) is 4.79 Å². The van der Waals surface area contributed by atoms with Gasteiger partial charge < -0.3 is 37.7 Å². The molecule has 0 bridgehead atoms. The zero-order valence-corrected chi connectivity index (χ0v) is 32.5. The molecule has 16 heteroatoms. The number of hydrogen-bond donors (Lipinski definition) is 1. The topological polar surface area (TPSA) is 170 Å². The average molecular weight is 791 g/mol. The molecule has 1 N–H and O–H groups in total. The Morgan fingerprint density at radius 1 is 1.02 bits per heavy atom. The molecule has 5 atom stereocenters. The summed E-state index contributed by atoms with van der Waals surface area (Å²) in [6.45, 7) is 8.50. The number of carbonyl (C=O) groups excluding carboxylic acids is 1. The summed E-state index contributed by atoms with van der Waals surface area (Å²) in [6, 6.07) is 18.1. The molecule has 1 unspecified atom stereocenters. The van der Waals surface area contributed by atoms with E-state index in [9.17, 15) is 4.79 Å². The third-order valence-electron chi connectivity index (χ3n) is 10.3. The average Bonchev–Trinajstić information content (AvgIpc) is 4.02. The molecular formula is C40H46N4O11S. The molecular weight excluding hydrogens is 745 g/mol. The molecule has 0 spiro atoms. The number of nitrogens with zero attached hydrogens (tertiary/aromatic N) is 3. The molecule has 56 heavy (non-hydrogen) atoms. The van der Waals surface area contributed by atoms with Gasteiger partial charge in [-0.05, 0) is 80.5 Å².